The van der Waals surface area contributed by atoms with Crippen LogP contribution in [0.4, 0.5) is 0 Å². The molecule has 6 aliphatic rings. The van der Waals surface area contributed by atoms with E-state index in [4.69, 9.17) is 0 Å². The molecule has 35 heavy (non-hydrogen) atoms. The molecule has 0 heteroatoms. The first-order valence-corrected chi connectivity index (χ1v) is 13.1. The van der Waals surface area contributed by atoms with Crippen LogP contribution in [0.15, 0.2) is 72.8 Å². The van der Waals surface area contributed by atoms with E-state index < -0.39 is 0 Å². The standard InChI is InChI=1S/C35H20/c1-2-6-21-20(5-1)30-22-7-3-4-8-23(22)31(21)35-25-15-19-12-10-17-13-16-9-11-18-14-24(34(30)35)32-28(18)26(16)27(17)29(19)33(25)32/h1-12,30-31H,13-15H2. The van der Waals surface area contributed by atoms with E-state index in [1.54, 1.807) is 99.1 Å². The van der Waals surface area contributed by atoms with Crippen molar-refractivity contribution >= 4 is 32.3 Å². The fourth-order valence-corrected chi connectivity index (χ4v) is 9.20. The van der Waals surface area contributed by atoms with Crippen molar-refractivity contribution in [3.63, 3.8) is 0 Å². The van der Waals surface area contributed by atoms with Crippen LogP contribution in [0.25, 0.3) is 32.3 Å². The van der Waals surface area contributed by atoms with Crippen molar-refractivity contribution in [1.82, 2.24) is 0 Å². The van der Waals surface area contributed by atoms with Gasteiger partial charge in [-0.05, 0) is 118 Å². The molecule has 0 fully saturated rings. The van der Waals surface area contributed by atoms with Gasteiger partial charge in [-0.2, -0.15) is 0 Å². The van der Waals surface area contributed by atoms with Crippen LogP contribution in [0.5, 0.6) is 0 Å². The smallest absolute Gasteiger partial charge is 0.0352 e. The van der Waals surface area contributed by atoms with Gasteiger partial charge in [0.1, 0.15) is 0 Å². The molecule has 6 aromatic rings. The lowest BCUT2D eigenvalue weighted by Crippen LogP contribution is -2.29. The Morgan fingerprint density at radius 2 is 0.714 bits per heavy atom. The highest BCUT2D eigenvalue weighted by atomic mass is 14.5. The van der Waals surface area contributed by atoms with Crippen LogP contribution < -0.4 is 0 Å². The molecule has 12 rings (SSSR count). The maximum absolute atomic E-state index is 2.46. The molecule has 160 valence electrons. The van der Waals surface area contributed by atoms with Gasteiger partial charge in [-0.25, -0.2) is 0 Å². The Morgan fingerprint density at radius 1 is 0.371 bits per heavy atom. The van der Waals surface area contributed by atoms with Crippen molar-refractivity contribution in [2.24, 2.45) is 0 Å². The minimum absolute atomic E-state index is 0.363. The maximum atomic E-state index is 2.46. The lowest BCUT2D eigenvalue weighted by atomic mass is 9.58. The fourth-order valence-electron chi connectivity index (χ4n) is 9.20. The van der Waals surface area contributed by atoms with Crippen LogP contribution in [0.2, 0.25) is 0 Å². The van der Waals surface area contributed by atoms with Crippen LogP contribution in [-0.2, 0) is 19.3 Å². The van der Waals surface area contributed by atoms with Gasteiger partial charge in [0, 0.05) is 11.8 Å². The largest absolute Gasteiger partial charge is 0.0619 e. The van der Waals surface area contributed by atoms with E-state index in [1.807, 2.05) is 0 Å². The Labute approximate surface area is 202 Å². The number of hydrogen-bond donors (Lipinski definition) is 0. The fraction of sp³-hybridized carbons (Fsp3) is 0.143. The van der Waals surface area contributed by atoms with Crippen molar-refractivity contribution in [2.45, 2.75) is 31.1 Å². The molecular weight excluding hydrogens is 420 g/mol. The van der Waals surface area contributed by atoms with Crippen LogP contribution in [0, 0.1) is 0 Å². The Bertz CT molecular complexity index is 1890. The topological polar surface area (TPSA) is 0 Å². The zero-order valence-electron chi connectivity index (χ0n) is 19.2. The third-order valence-corrected chi connectivity index (χ3v) is 10.2. The van der Waals surface area contributed by atoms with E-state index in [1.165, 1.54) is 0 Å². The van der Waals surface area contributed by atoms with Gasteiger partial charge >= 0.3 is 0 Å². The van der Waals surface area contributed by atoms with Gasteiger partial charge in [0.15, 0.2) is 0 Å². The summed E-state index contributed by atoms with van der Waals surface area (Å²) < 4.78 is 0. The summed E-state index contributed by atoms with van der Waals surface area (Å²) in [7, 11) is 0. The molecule has 2 bridgehead atoms. The Hall–Kier alpha value is -3.90. The maximum Gasteiger partial charge on any atom is 0.0352 e. The molecule has 0 heterocycles. The van der Waals surface area contributed by atoms with E-state index in [9.17, 15) is 0 Å². The Kier molecular flexibility index (Phi) is 2.40. The first-order chi connectivity index (χ1) is 17.4. The number of rotatable bonds is 0. The van der Waals surface area contributed by atoms with Crippen molar-refractivity contribution in [2.75, 3.05) is 0 Å². The monoisotopic (exact) mass is 440 g/mol. The molecule has 0 spiro atoms. The lowest BCUT2D eigenvalue weighted by Gasteiger charge is -2.44. The van der Waals surface area contributed by atoms with E-state index >= 15 is 0 Å². The van der Waals surface area contributed by atoms with Crippen molar-refractivity contribution in [3.05, 3.63) is 140 Å². The quantitative estimate of drug-likeness (QED) is 0.211. The van der Waals surface area contributed by atoms with Gasteiger partial charge in [0.05, 0.1) is 0 Å². The highest BCUT2D eigenvalue weighted by Crippen LogP contribution is 2.63. The second-order valence-electron chi connectivity index (χ2n) is 11.5. The van der Waals surface area contributed by atoms with Crippen LogP contribution in [-0.4, -0.2) is 0 Å². The molecule has 0 saturated carbocycles. The average molecular weight is 441 g/mol. The summed E-state index contributed by atoms with van der Waals surface area (Å²) in [6.07, 6.45) is 3.30. The summed E-state index contributed by atoms with van der Waals surface area (Å²) in [5, 5.41) is 9.64. The summed E-state index contributed by atoms with van der Waals surface area (Å²) in [6, 6.07) is 28.5. The van der Waals surface area contributed by atoms with Gasteiger partial charge in [0.25, 0.3) is 0 Å². The van der Waals surface area contributed by atoms with Gasteiger partial charge in [-0.15, -0.1) is 0 Å². The van der Waals surface area contributed by atoms with E-state index in [0.29, 0.717) is 11.8 Å². The predicted molar refractivity (Wildman–Crippen MR) is 142 cm³/mol. The zero-order valence-corrected chi connectivity index (χ0v) is 19.2. The molecule has 0 aliphatic heterocycles. The SMILES string of the molecule is c1ccc2c(c1)C1c3ccccc3C2c2c1c1c3c4c(ccc5c4c4c(ccc6c4c3c2C6)C5)C1. The Morgan fingerprint density at radius 3 is 1.11 bits per heavy atom. The summed E-state index contributed by atoms with van der Waals surface area (Å²) in [5.74, 6) is 0.726. The molecule has 0 unspecified atom stereocenters. The summed E-state index contributed by atoms with van der Waals surface area (Å²) >= 11 is 0. The third-order valence-electron chi connectivity index (χ3n) is 10.2. The van der Waals surface area contributed by atoms with Crippen molar-refractivity contribution < 1.29 is 0 Å². The molecule has 0 radical (unpaired) electrons. The average Bonchev–Trinajstić information content (AvgIpc) is 3.58. The second-order valence-corrected chi connectivity index (χ2v) is 11.5. The van der Waals surface area contributed by atoms with Crippen LogP contribution in [0.1, 0.15) is 78.6 Å². The Balaban J connectivity index is 1.43. The van der Waals surface area contributed by atoms with Crippen molar-refractivity contribution in [3.8, 4) is 0 Å². The first-order valence-electron chi connectivity index (χ1n) is 13.1. The van der Waals surface area contributed by atoms with E-state index in [2.05, 4.69) is 72.8 Å². The molecule has 0 N–H and O–H groups in total. The van der Waals surface area contributed by atoms with E-state index in [-0.39, 0.29) is 0 Å². The summed E-state index contributed by atoms with van der Waals surface area (Å²) in [5.41, 5.74) is 19.0. The van der Waals surface area contributed by atoms with Gasteiger partial charge in [-0.3, -0.25) is 0 Å². The van der Waals surface area contributed by atoms with Crippen molar-refractivity contribution in [1.29, 1.82) is 0 Å². The summed E-state index contributed by atoms with van der Waals surface area (Å²) in [4.78, 5) is 0. The van der Waals surface area contributed by atoms with Gasteiger partial charge in [-0.1, -0.05) is 72.8 Å². The van der Waals surface area contributed by atoms with Gasteiger partial charge < -0.3 is 0 Å². The second kappa shape index (κ2) is 5.04. The lowest BCUT2D eigenvalue weighted by molar-refractivity contribution is 0.742. The molecule has 6 aliphatic carbocycles. The van der Waals surface area contributed by atoms with Crippen LogP contribution in [0.3, 0.4) is 0 Å². The molecule has 0 nitrogen and oxygen atoms in total. The number of benzene rings is 6. The minimum atomic E-state index is 0.363. The molecular formula is C35H20. The zero-order chi connectivity index (χ0) is 22.2. The number of hydrogen-bond acceptors (Lipinski definition) is 0. The highest BCUT2D eigenvalue weighted by Gasteiger charge is 2.46. The van der Waals surface area contributed by atoms with Gasteiger partial charge in [0.2, 0.25) is 0 Å². The molecule has 0 aromatic heterocycles. The minimum Gasteiger partial charge on any atom is -0.0619 e. The normalized spacial score (nSPS) is 20.2. The molecule has 0 saturated heterocycles. The highest BCUT2D eigenvalue weighted by molar-refractivity contribution is 6.33. The first kappa shape index (κ1) is 16.7. The van der Waals surface area contributed by atoms with E-state index in [0.717, 1.165) is 19.3 Å². The predicted octanol–water partition coefficient (Wildman–Crippen LogP) is 7.85. The molecule has 0 amide bonds. The molecule has 6 aromatic carbocycles. The van der Waals surface area contributed by atoms with Crippen LogP contribution >= 0.6 is 0 Å². The summed E-state index contributed by atoms with van der Waals surface area (Å²) in [6.45, 7) is 0. The molecule has 0 atom stereocenters. The third kappa shape index (κ3) is 1.54.